The number of hydrogen-bond donors (Lipinski definition) is 2. The number of para-hydroxylation sites is 1. The fourth-order valence-electron chi connectivity index (χ4n) is 2.99. The maximum absolute atomic E-state index is 10.6. The van der Waals surface area contributed by atoms with Gasteiger partial charge in [-0.2, -0.15) is 0 Å². The van der Waals surface area contributed by atoms with Crippen molar-refractivity contribution in [1.29, 1.82) is 0 Å². The zero-order valence-electron chi connectivity index (χ0n) is 12.0. The van der Waals surface area contributed by atoms with Gasteiger partial charge in [0.2, 0.25) is 0 Å². The molecule has 4 heteroatoms. The van der Waals surface area contributed by atoms with Crippen LogP contribution in [0.3, 0.4) is 0 Å². The van der Waals surface area contributed by atoms with Gasteiger partial charge in [0.1, 0.15) is 5.75 Å². The predicted molar refractivity (Wildman–Crippen MR) is 77.7 cm³/mol. The highest BCUT2D eigenvalue weighted by Gasteiger charge is 2.24. The van der Waals surface area contributed by atoms with Gasteiger partial charge in [-0.1, -0.05) is 18.2 Å². The summed E-state index contributed by atoms with van der Waals surface area (Å²) in [7, 11) is 0. The van der Waals surface area contributed by atoms with Crippen LogP contribution in [-0.4, -0.2) is 34.2 Å². The van der Waals surface area contributed by atoms with Crippen LogP contribution in [0.4, 0.5) is 0 Å². The van der Waals surface area contributed by atoms with Gasteiger partial charge in [0.25, 0.3) is 0 Å². The molecule has 0 spiro atoms. The van der Waals surface area contributed by atoms with Crippen molar-refractivity contribution < 1.29 is 15.0 Å². The van der Waals surface area contributed by atoms with E-state index in [0.717, 1.165) is 37.9 Å². The SMILES string of the molecule is CC(c1ccccc1O)N1CCC(CCC(=O)O)CC1. The number of phenols is 1. The first-order chi connectivity index (χ1) is 9.58. The van der Waals surface area contributed by atoms with E-state index in [4.69, 9.17) is 5.11 Å². The van der Waals surface area contributed by atoms with Crippen LogP contribution in [-0.2, 0) is 4.79 Å². The van der Waals surface area contributed by atoms with Crippen LogP contribution >= 0.6 is 0 Å². The number of rotatable bonds is 5. The monoisotopic (exact) mass is 277 g/mol. The molecular formula is C16H23NO3. The lowest BCUT2D eigenvalue weighted by Crippen LogP contribution is -2.35. The second kappa shape index (κ2) is 6.75. The second-order valence-corrected chi connectivity index (χ2v) is 5.65. The van der Waals surface area contributed by atoms with E-state index >= 15 is 0 Å². The van der Waals surface area contributed by atoms with Crippen LogP contribution in [0, 0.1) is 5.92 Å². The summed E-state index contributed by atoms with van der Waals surface area (Å²) in [4.78, 5) is 13.0. The van der Waals surface area contributed by atoms with E-state index < -0.39 is 5.97 Å². The highest BCUT2D eigenvalue weighted by atomic mass is 16.4. The minimum Gasteiger partial charge on any atom is -0.508 e. The lowest BCUT2D eigenvalue weighted by atomic mass is 9.91. The smallest absolute Gasteiger partial charge is 0.303 e. The van der Waals surface area contributed by atoms with Crippen LogP contribution in [0.1, 0.15) is 44.2 Å². The molecule has 1 unspecified atom stereocenters. The van der Waals surface area contributed by atoms with Crippen molar-refractivity contribution in [2.24, 2.45) is 5.92 Å². The number of carboxylic acids is 1. The number of hydrogen-bond acceptors (Lipinski definition) is 3. The number of aromatic hydroxyl groups is 1. The molecule has 0 radical (unpaired) electrons. The summed E-state index contributed by atoms with van der Waals surface area (Å²) in [6.45, 7) is 4.06. The highest BCUT2D eigenvalue weighted by molar-refractivity contribution is 5.66. The van der Waals surface area contributed by atoms with Crippen LogP contribution in [0.25, 0.3) is 0 Å². The molecule has 0 aliphatic carbocycles. The quantitative estimate of drug-likeness (QED) is 0.868. The van der Waals surface area contributed by atoms with Gasteiger partial charge in [-0.15, -0.1) is 0 Å². The number of aliphatic carboxylic acids is 1. The standard InChI is InChI=1S/C16H23NO3/c1-12(14-4-2-3-5-15(14)18)17-10-8-13(9-11-17)6-7-16(19)20/h2-5,12-13,18H,6-11H2,1H3,(H,19,20). The number of likely N-dealkylation sites (tertiary alicyclic amines) is 1. The third kappa shape index (κ3) is 3.73. The Bertz CT molecular complexity index is 453. The van der Waals surface area contributed by atoms with Gasteiger partial charge < -0.3 is 10.2 Å². The Morgan fingerprint density at radius 3 is 2.60 bits per heavy atom. The van der Waals surface area contributed by atoms with Gasteiger partial charge in [0.15, 0.2) is 0 Å². The third-order valence-electron chi connectivity index (χ3n) is 4.35. The van der Waals surface area contributed by atoms with E-state index in [1.807, 2.05) is 18.2 Å². The summed E-state index contributed by atoms with van der Waals surface area (Å²) in [6.07, 6.45) is 3.16. The molecule has 0 bridgehead atoms. The number of carbonyl (C=O) groups is 1. The highest BCUT2D eigenvalue weighted by Crippen LogP contribution is 2.32. The lowest BCUT2D eigenvalue weighted by molar-refractivity contribution is -0.137. The van der Waals surface area contributed by atoms with Gasteiger partial charge in [-0.25, -0.2) is 0 Å². The van der Waals surface area contributed by atoms with Crippen LogP contribution in [0.2, 0.25) is 0 Å². The molecule has 1 heterocycles. The zero-order valence-corrected chi connectivity index (χ0v) is 12.0. The van der Waals surface area contributed by atoms with E-state index in [1.54, 1.807) is 6.07 Å². The van der Waals surface area contributed by atoms with Crippen molar-refractivity contribution >= 4 is 5.97 Å². The molecule has 0 amide bonds. The normalized spacial score (nSPS) is 18.9. The molecule has 1 aliphatic rings. The molecule has 4 nitrogen and oxygen atoms in total. The molecule has 1 fully saturated rings. The van der Waals surface area contributed by atoms with Gasteiger partial charge >= 0.3 is 5.97 Å². The van der Waals surface area contributed by atoms with Crippen molar-refractivity contribution in [2.75, 3.05) is 13.1 Å². The van der Waals surface area contributed by atoms with E-state index in [-0.39, 0.29) is 12.5 Å². The maximum Gasteiger partial charge on any atom is 0.303 e. The Hall–Kier alpha value is -1.55. The summed E-state index contributed by atoms with van der Waals surface area (Å²) in [5.41, 5.74) is 0.969. The number of carboxylic acid groups (broad SMARTS) is 1. The molecule has 1 aromatic rings. The summed E-state index contributed by atoms with van der Waals surface area (Å²) in [5, 5.41) is 18.6. The van der Waals surface area contributed by atoms with Gasteiger partial charge in [0.05, 0.1) is 0 Å². The number of nitrogens with zero attached hydrogens (tertiary/aromatic N) is 1. The van der Waals surface area contributed by atoms with E-state index in [9.17, 15) is 9.90 Å². The minimum atomic E-state index is -0.699. The van der Waals surface area contributed by atoms with Crippen molar-refractivity contribution in [1.82, 2.24) is 4.90 Å². The fraction of sp³-hybridized carbons (Fsp3) is 0.562. The number of piperidine rings is 1. The van der Waals surface area contributed by atoms with Gasteiger partial charge in [0, 0.05) is 18.0 Å². The number of phenolic OH excluding ortho intramolecular Hbond substituents is 1. The molecule has 1 saturated heterocycles. The van der Waals surface area contributed by atoms with Crippen molar-refractivity contribution in [3.05, 3.63) is 29.8 Å². The summed E-state index contributed by atoms with van der Waals surface area (Å²) >= 11 is 0. The van der Waals surface area contributed by atoms with Crippen molar-refractivity contribution in [3.63, 3.8) is 0 Å². The fourth-order valence-corrected chi connectivity index (χ4v) is 2.99. The molecular weight excluding hydrogens is 254 g/mol. The summed E-state index contributed by atoms with van der Waals surface area (Å²) in [5.74, 6) is 0.182. The van der Waals surface area contributed by atoms with Crippen LogP contribution in [0.15, 0.2) is 24.3 Å². The molecule has 2 rings (SSSR count). The first-order valence-electron chi connectivity index (χ1n) is 7.31. The Kier molecular flexibility index (Phi) is 5.01. The lowest BCUT2D eigenvalue weighted by Gasteiger charge is -2.36. The van der Waals surface area contributed by atoms with Gasteiger partial charge in [-0.3, -0.25) is 9.69 Å². The first-order valence-corrected chi connectivity index (χ1v) is 7.31. The molecule has 1 atom stereocenters. The Morgan fingerprint density at radius 2 is 2.00 bits per heavy atom. The molecule has 0 saturated carbocycles. The van der Waals surface area contributed by atoms with Crippen molar-refractivity contribution in [3.8, 4) is 5.75 Å². The first kappa shape index (κ1) is 14.9. The van der Waals surface area contributed by atoms with Crippen molar-refractivity contribution in [2.45, 2.75) is 38.6 Å². The average molecular weight is 277 g/mol. The maximum atomic E-state index is 10.6. The Morgan fingerprint density at radius 1 is 1.35 bits per heavy atom. The van der Waals surface area contributed by atoms with Crippen LogP contribution < -0.4 is 0 Å². The average Bonchev–Trinajstić information content (AvgIpc) is 2.45. The molecule has 0 aromatic heterocycles. The molecule has 110 valence electrons. The zero-order chi connectivity index (χ0) is 14.5. The minimum absolute atomic E-state index is 0.205. The molecule has 1 aromatic carbocycles. The van der Waals surface area contributed by atoms with E-state index in [0.29, 0.717) is 11.7 Å². The summed E-state index contributed by atoms with van der Waals surface area (Å²) < 4.78 is 0. The second-order valence-electron chi connectivity index (χ2n) is 5.65. The third-order valence-corrected chi connectivity index (χ3v) is 4.35. The topological polar surface area (TPSA) is 60.8 Å². The van der Waals surface area contributed by atoms with Crippen LogP contribution in [0.5, 0.6) is 5.75 Å². The summed E-state index contributed by atoms with van der Waals surface area (Å²) in [6, 6.07) is 7.69. The van der Waals surface area contributed by atoms with E-state index in [2.05, 4.69) is 11.8 Å². The largest absolute Gasteiger partial charge is 0.508 e. The molecule has 1 aliphatic heterocycles. The molecule has 2 N–H and O–H groups in total. The number of benzene rings is 1. The Labute approximate surface area is 120 Å². The molecule has 20 heavy (non-hydrogen) atoms. The van der Waals surface area contributed by atoms with E-state index in [1.165, 1.54) is 0 Å². The van der Waals surface area contributed by atoms with Gasteiger partial charge in [-0.05, 0) is 51.3 Å². The Balaban J connectivity index is 1.87. The predicted octanol–water partition coefficient (Wildman–Crippen LogP) is 3.03.